The molecule has 29 heavy (non-hydrogen) atoms. The van der Waals surface area contributed by atoms with Crippen LogP contribution in [-0.4, -0.2) is 43.9 Å². The first-order valence-electron chi connectivity index (χ1n) is 10.2. The molecule has 0 unspecified atom stereocenters. The van der Waals surface area contributed by atoms with Crippen LogP contribution in [0.2, 0.25) is 0 Å². The number of hydrogen-bond donors (Lipinski definition) is 0. The van der Waals surface area contributed by atoms with Crippen LogP contribution in [0.25, 0.3) is 0 Å². The van der Waals surface area contributed by atoms with Crippen LogP contribution in [0.1, 0.15) is 40.8 Å². The molecule has 7 heteroatoms. The van der Waals surface area contributed by atoms with E-state index in [4.69, 9.17) is 0 Å². The van der Waals surface area contributed by atoms with E-state index >= 15 is 0 Å². The number of anilines is 1. The highest BCUT2D eigenvalue weighted by Crippen LogP contribution is 2.28. The van der Waals surface area contributed by atoms with E-state index in [1.165, 1.54) is 17.5 Å². The molecule has 0 bridgehead atoms. The molecule has 2 heterocycles. The van der Waals surface area contributed by atoms with Crippen LogP contribution in [0, 0.1) is 25.2 Å². The summed E-state index contributed by atoms with van der Waals surface area (Å²) in [4.78, 5) is 6.98. The molecular formula is C22H26N4O2S. The number of rotatable bonds is 3. The van der Waals surface area contributed by atoms with Gasteiger partial charge in [0.25, 0.3) is 0 Å². The molecule has 2 aliphatic rings. The van der Waals surface area contributed by atoms with E-state index in [1.54, 1.807) is 10.4 Å². The molecule has 1 aromatic carbocycles. The second kappa shape index (κ2) is 7.77. The van der Waals surface area contributed by atoms with E-state index in [9.17, 15) is 13.7 Å². The maximum Gasteiger partial charge on any atom is 0.243 e. The van der Waals surface area contributed by atoms with Crippen molar-refractivity contribution in [3.05, 3.63) is 52.2 Å². The summed E-state index contributed by atoms with van der Waals surface area (Å²) in [6.07, 6.45) is 4.30. The molecule has 0 atom stereocenters. The van der Waals surface area contributed by atoms with Crippen molar-refractivity contribution in [1.29, 1.82) is 5.26 Å². The topological polar surface area (TPSA) is 77.3 Å². The highest BCUT2D eigenvalue weighted by Gasteiger charge is 2.30. The highest BCUT2D eigenvalue weighted by molar-refractivity contribution is 7.89. The molecule has 4 rings (SSSR count). The van der Waals surface area contributed by atoms with Gasteiger partial charge in [0.2, 0.25) is 10.0 Å². The Morgan fingerprint density at radius 3 is 2.38 bits per heavy atom. The number of aryl methyl sites for hydroxylation is 4. The molecule has 2 aromatic rings. The van der Waals surface area contributed by atoms with E-state index < -0.39 is 10.0 Å². The van der Waals surface area contributed by atoms with Crippen molar-refractivity contribution in [3.8, 4) is 6.07 Å². The van der Waals surface area contributed by atoms with E-state index in [0.29, 0.717) is 42.5 Å². The number of aromatic nitrogens is 1. The molecule has 6 nitrogen and oxygen atoms in total. The van der Waals surface area contributed by atoms with Gasteiger partial charge in [-0.3, -0.25) is 0 Å². The predicted octanol–water partition coefficient (Wildman–Crippen LogP) is 2.96. The lowest BCUT2D eigenvalue weighted by Crippen LogP contribution is -2.49. The largest absolute Gasteiger partial charge is 0.353 e. The van der Waals surface area contributed by atoms with Crippen LogP contribution in [0.4, 0.5) is 5.82 Å². The SMILES string of the molecule is Cc1cc(C)c(C#N)c(N2CCN(S(=O)(=O)c3ccc4c(c3)CCCC4)CC2)n1. The summed E-state index contributed by atoms with van der Waals surface area (Å²) < 4.78 is 27.9. The van der Waals surface area contributed by atoms with E-state index in [-0.39, 0.29) is 0 Å². The summed E-state index contributed by atoms with van der Waals surface area (Å²) >= 11 is 0. The fourth-order valence-corrected chi connectivity index (χ4v) is 5.82. The Morgan fingerprint density at radius 1 is 1.00 bits per heavy atom. The number of hydrogen-bond acceptors (Lipinski definition) is 5. The molecule has 152 valence electrons. The second-order valence-electron chi connectivity index (χ2n) is 7.92. The molecule has 1 aromatic heterocycles. The van der Waals surface area contributed by atoms with Gasteiger partial charge >= 0.3 is 0 Å². The molecule has 1 aliphatic carbocycles. The van der Waals surface area contributed by atoms with E-state index in [1.807, 2.05) is 36.9 Å². The fourth-order valence-electron chi connectivity index (χ4n) is 4.34. The van der Waals surface area contributed by atoms with E-state index in [2.05, 4.69) is 11.1 Å². The predicted molar refractivity (Wildman–Crippen MR) is 112 cm³/mol. The quantitative estimate of drug-likeness (QED) is 0.777. The van der Waals surface area contributed by atoms with Crippen molar-refractivity contribution in [2.24, 2.45) is 0 Å². The normalized spacial score (nSPS) is 17.6. The lowest BCUT2D eigenvalue weighted by Gasteiger charge is -2.35. The fraction of sp³-hybridized carbons (Fsp3) is 0.455. The number of nitriles is 1. The van der Waals surface area contributed by atoms with E-state index in [0.717, 1.165) is 30.5 Å². The summed E-state index contributed by atoms with van der Waals surface area (Å²) in [5, 5.41) is 9.52. The van der Waals surface area contributed by atoms with Gasteiger partial charge in [0.05, 0.1) is 10.5 Å². The monoisotopic (exact) mass is 410 g/mol. The number of sulfonamides is 1. The minimum absolute atomic E-state index is 0.388. The second-order valence-corrected chi connectivity index (χ2v) is 9.86. The minimum atomic E-state index is -3.51. The average molecular weight is 411 g/mol. The van der Waals surface area contributed by atoms with Gasteiger partial charge in [-0.15, -0.1) is 0 Å². The Labute approximate surface area is 172 Å². The Kier molecular flexibility index (Phi) is 5.32. The zero-order chi connectivity index (χ0) is 20.6. The number of pyridine rings is 1. The molecule has 0 amide bonds. The van der Waals surface area contributed by atoms with Gasteiger partial charge < -0.3 is 4.90 Å². The number of benzene rings is 1. The highest BCUT2D eigenvalue weighted by atomic mass is 32.2. The zero-order valence-corrected chi connectivity index (χ0v) is 17.8. The van der Waals surface area contributed by atoms with Gasteiger partial charge in [-0.05, 0) is 74.4 Å². The van der Waals surface area contributed by atoms with Gasteiger partial charge in [0, 0.05) is 31.9 Å². The third-order valence-electron chi connectivity index (χ3n) is 5.93. The molecule has 0 saturated carbocycles. The van der Waals surface area contributed by atoms with Crippen LogP contribution >= 0.6 is 0 Å². The molecule has 0 radical (unpaired) electrons. The van der Waals surface area contributed by atoms with Crippen molar-refractivity contribution < 1.29 is 8.42 Å². The summed E-state index contributed by atoms with van der Waals surface area (Å²) in [6, 6.07) is 9.76. The molecule has 1 aliphatic heterocycles. The Balaban J connectivity index is 1.53. The van der Waals surface area contributed by atoms with Crippen LogP contribution < -0.4 is 4.90 Å². The summed E-state index contributed by atoms with van der Waals surface area (Å²) in [7, 11) is -3.51. The van der Waals surface area contributed by atoms with Gasteiger partial charge in [0.1, 0.15) is 11.9 Å². The smallest absolute Gasteiger partial charge is 0.243 e. The van der Waals surface area contributed by atoms with Crippen molar-refractivity contribution in [2.45, 2.75) is 44.4 Å². The maximum atomic E-state index is 13.2. The Bertz CT molecular complexity index is 1080. The first-order chi connectivity index (χ1) is 13.9. The zero-order valence-electron chi connectivity index (χ0n) is 17.0. The van der Waals surface area contributed by atoms with Crippen molar-refractivity contribution >= 4 is 15.8 Å². The Hall–Kier alpha value is -2.43. The maximum absolute atomic E-state index is 13.2. The molecule has 0 spiro atoms. The summed E-state index contributed by atoms with van der Waals surface area (Å²) in [6.45, 7) is 5.64. The van der Waals surface area contributed by atoms with Crippen molar-refractivity contribution in [1.82, 2.24) is 9.29 Å². The Morgan fingerprint density at radius 2 is 1.69 bits per heavy atom. The van der Waals surface area contributed by atoms with Gasteiger partial charge in [-0.2, -0.15) is 9.57 Å². The number of piperazine rings is 1. The van der Waals surface area contributed by atoms with Gasteiger partial charge in [-0.25, -0.2) is 13.4 Å². The van der Waals surface area contributed by atoms with Crippen LogP contribution in [0.5, 0.6) is 0 Å². The average Bonchev–Trinajstić information content (AvgIpc) is 2.73. The number of nitrogens with zero attached hydrogens (tertiary/aromatic N) is 4. The molecule has 1 saturated heterocycles. The minimum Gasteiger partial charge on any atom is -0.353 e. The van der Waals surface area contributed by atoms with Crippen molar-refractivity contribution in [2.75, 3.05) is 31.1 Å². The lowest BCUT2D eigenvalue weighted by atomic mass is 9.92. The lowest BCUT2D eigenvalue weighted by molar-refractivity contribution is 0.383. The third kappa shape index (κ3) is 3.75. The first kappa shape index (κ1) is 19.9. The van der Waals surface area contributed by atoms with Crippen LogP contribution in [0.3, 0.4) is 0 Å². The molecule has 1 fully saturated rings. The van der Waals surface area contributed by atoms with Crippen molar-refractivity contribution in [3.63, 3.8) is 0 Å². The molecule has 0 N–H and O–H groups in total. The first-order valence-corrected chi connectivity index (χ1v) is 11.6. The number of fused-ring (bicyclic) bond motifs is 1. The molecular weight excluding hydrogens is 384 g/mol. The standard InChI is InChI=1S/C22H26N4O2S/c1-16-13-17(2)24-22(21(16)15-23)25-9-11-26(12-10-25)29(27,28)20-8-7-18-5-3-4-6-19(18)14-20/h7-8,13-14H,3-6,9-12H2,1-2H3. The van der Waals surface area contributed by atoms with Crippen LogP contribution in [0.15, 0.2) is 29.2 Å². The van der Waals surface area contributed by atoms with Gasteiger partial charge in [0.15, 0.2) is 0 Å². The van der Waals surface area contributed by atoms with Crippen LogP contribution in [-0.2, 0) is 22.9 Å². The third-order valence-corrected chi connectivity index (χ3v) is 7.83. The summed E-state index contributed by atoms with van der Waals surface area (Å²) in [5.74, 6) is 0.663. The summed E-state index contributed by atoms with van der Waals surface area (Å²) in [5.41, 5.74) is 4.79. The van der Waals surface area contributed by atoms with Gasteiger partial charge in [-0.1, -0.05) is 6.07 Å².